The van der Waals surface area contributed by atoms with Crippen LogP contribution in [0.2, 0.25) is 0 Å². The smallest absolute Gasteiger partial charge is 0.417 e. The van der Waals surface area contributed by atoms with Crippen molar-refractivity contribution in [3.8, 4) is 5.88 Å². The second-order valence-corrected chi connectivity index (χ2v) is 5.90. The van der Waals surface area contributed by atoms with E-state index in [9.17, 15) is 18.0 Å². The maximum atomic E-state index is 12.8. The molecule has 0 fully saturated rings. The van der Waals surface area contributed by atoms with Crippen molar-refractivity contribution in [1.82, 2.24) is 25.0 Å². The fourth-order valence-electron chi connectivity index (χ4n) is 2.55. The van der Waals surface area contributed by atoms with Crippen molar-refractivity contribution in [2.24, 2.45) is 7.05 Å². The van der Waals surface area contributed by atoms with Gasteiger partial charge < -0.3 is 9.47 Å². The van der Waals surface area contributed by atoms with Crippen molar-refractivity contribution in [2.45, 2.75) is 19.2 Å². The van der Waals surface area contributed by atoms with Gasteiger partial charge in [-0.15, -0.1) is 5.10 Å². The van der Waals surface area contributed by atoms with Crippen LogP contribution in [0.4, 0.5) is 13.2 Å². The Labute approximate surface area is 157 Å². The molecule has 1 N–H and O–H groups in total. The number of nitrogens with one attached hydrogen (secondary N) is 1. The van der Waals surface area contributed by atoms with Crippen LogP contribution < -0.4 is 4.74 Å². The largest absolute Gasteiger partial charge is 0.464 e. The number of halogens is 3. The van der Waals surface area contributed by atoms with Crippen LogP contribution in [0.3, 0.4) is 0 Å². The summed E-state index contributed by atoms with van der Waals surface area (Å²) >= 11 is 0. The summed E-state index contributed by atoms with van der Waals surface area (Å²) in [4.78, 5) is 15.7. The van der Waals surface area contributed by atoms with Crippen LogP contribution in [0, 0.1) is 6.92 Å². The van der Waals surface area contributed by atoms with E-state index in [1.54, 1.807) is 6.92 Å². The van der Waals surface area contributed by atoms with Crippen LogP contribution in [0.1, 0.15) is 39.1 Å². The molecule has 28 heavy (non-hydrogen) atoms. The molecule has 0 spiro atoms. The number of hydrogen-bond acceptors (Lipinski definition) is 6. The molecule has 0 aliphatic rings. The molecule has 0 radical (unpaired) electrons. The highest BCUT2D eigenvalue weighted by Crippen LogP contribution is 2.32. The lowest BCUT2D eigenvalue weighted by Crippen LogP contribution is -2.14. The Kier molecular flexibility index (Phi) is 5.08. The lowest BCUT2D eigenvalue weighted by Gasteiger charge is -2.17. The Morgan fingerprint density at radius 1 is 1.29 bits per heavy atom. The van der Waals surface area contributed by atoms with Gasteiger partial charge in [0.15, 0.2) is 6.10 Å². The summed E-state index contributed by atoms with van der Waals surface area (Å²) in [6.45, 7) is 1.74. The first-order chi connectivity index (χ1) is 13.2. The number of hydrogen-bond donors (Lipinski definition) is 1. The lowest BCUT2D eigenvalue weighted by atomic mass is 10.1. The number of aromatic nitrogens is 5. The maximum absolute atomic E-state index is 12.8. The molecule has 0 saturated heterocycles. The summed E-state index contributed by atoms with van der Waals surface area (Å²) in [6, 6.07) is 3.52. The molecule has 148 valence electrons. The highest BCUT2D eigenvalue weighted by molar-refractivity contribution is 5.87. The third-order valence-corrected chi connectivity index (χ3v) is 4.02. The first-order valence-corrected chi connectivity index (χ1v) is 8.02. The van der Waals surface area contributed by atoms with Gasteiger partial charge in [0.25, 0.3) is 0 Å². The number of esters is 1. The van der Waals surface area contributed by atoms with Crippen molar-refractivity contribution >= 4 is 5.97 Å². The molecule has 1 unspecified atom stereocenters. The van der Waals surface area contributed by atoms with Crippen LogP contribution in [-0.2, 0) is 18.0 Å². The van der Waals surface area contributed by atoms with Crippen LogP contribution >= 0.6 is 0 Å². The first-order valence-electron chi connectivity index (χ1n) is 8.02. The SMILES string of the molecule is COC(=O)c1cc(OC(c2ccc(C(F)(F)F)cn2)c2cn[nH]c2C)nn1C. The third-order valence-electron chi connectivity index (χ3n) is 4.02. The van der Waals surface area contributed by atoms with Crippen molar-refractivity contribution in [3.05, 3.63) is 58.8 Å². The number of ether oxygens (including phenoxy) is 2. The van der Waals surface area contributed by atoms with E-state index in [1.807, 2.05) is 0 Å². The fraction of sp³-hybridized carbons (Fsp3) is 0.294. The molecule has 3 heterocycles. The van der Waals surface area contributed by atoms with E-state index in [1.165, 1.54) is 37.2 Å². The highest BCUT2D eigenvalue weighted by Gasteiger charge is 2.32. The first kappa shape index (κ1) is 19.4. The molecule has 8 nitrogen and oxygen atoms in total. The molecule has 0 aliphatic carbocycles. The normalized spacial score (nSPS) is 12.6. The van der Waals surface area contributed by atoms with Gasteiger partial charge in [-0.3, -0.25) is 14.8 Å². The minimum absolute atomic E-state index is 0.0789. The molecule has 3 aromatic rings. The molecule has 3 aromatic heterocycles. The van der Waals surface area contributed by atoms with Gasteiger partial charge in [0.05, 0.1) is 24.6 Å². The van der Waals surface area contributed by atoms with Gasteiger partial charge in [-0.1, -0.05) is 0 Å². The zero-order valence-corrected chi connectivity index (χ0v) is 15.1. The molecular weight excluding hydrogens is 379 g/mol. The third kappa shape index (κ3) is 3.82. The van der Waals surface area contributed by atoms with Crippen LogP contribution in [0.5, 0.6) is 5.88 Å². The zero-order chi connectivity index (χ0) is 20.5. The molecule has 0 aromatic carbocycles. The number of alkyl halides is 3. The monoisotopic (exact) mass is 395 g/mol. The topological polar surface area (TPSA) is 94.9 Å². The van der Waals surface area contributed by atoms with Crippen LogP contribution in [0.25, 0.3) is 0 Å². The quantitative estimate of drug-likeness (QED) is 0.668. The van der Waals surface area contributed by atoms with Crippen LogP contribution in [-0.4, -0.2) is 38.0 Å². The average Bonchev–Trinajstić information content (AvgIpc) is 3.24. The number of nitrogens with zero attached hydrogens (tertiary/aromatic N) is 4. The van der Waals surface area contributed by atoms with E-state index in [0.29, 0.717) is 11.3 Å². The summed E-state index contributed by atoms with van der Waals surface area (Å²) in [7, 11) is 2.77. The van der Waals surface area contributed by atoms with E-state index < -0.39 is 23.8 Å². The molecular formula is C17H16F3N5O3. The van der Waals surface area contributed by atoms with Gasteiger partial charge in [-0.25, -0.2) is 4.79 Å². The Balaban J connectivity index is 1.97. The number of aryl methyl sites for hydroxylation is 2. The van der Waals surface area contributed by atoms with E-state index in [4.69, 9.17) is 4.74 Å². The van der Waals surface area contributed by atoms with Crippen molar-refractivity contribution in [1.29, 1.82) is 0 Å². The van der Waals surface area contributed by atoms with Gasteiger partial charge in [-0.05, 0) is 19.1 Å². The number of pyridine rings is 1. The van der Waals surface area contributed by atoms with Crippen molar-refractivity contribution in [3.63, 3.8) is 0 Å². The summed E-state index contributed by atoms with van der Waals surface area (Å²) in [5, 5.41) is 10.8. The number of H-pyrrole nitrogens is 1. The number of aromatic amines is 1. The minimum atomic E-state index is -4.50. The molecule has 1 atom stereocenters. The van der Waals surface area contributed by atoms with Crippen molar-refractivity contribution in [2.75, 3.05) is 7.11 Å². The average molecular weight is 395 g/mol. The predicted molar refractivity (Wildman–Crippen MR) is 89.6 cm³/mol. The predicted octanol–water partition coefficient (Wildman–Crippen LogP) is 2.82. The minimum Gasteiger partial charge on any atom is -0.464 e. The van der Waals surface area contributed by atoms with Crippen LogP contribution in [0.15, 0.2) is 30.6 Å². The van der Waals surface area contributed by atoms with Gasteiger partial charge in [0, 0.05) is 30.6 Å². The Hall–Kier alpha value is -3.37. The maximum Gasteiger partial charge on any atom is 0.417 e. The van der Waals surface area contributed by atoms with E-state index >= 15 is 0 Å². The number of carbonyl (C=O) groups is 1. The molecule has 11 heteroatoms. The highest BCUT2D eigenvalue weighted by atomic mass is 19.4. The van der Waals surface area contributed by atoms with Gasteiger partial charge in [-0.2, -0.15) is 18.3 Å². The summed E-state index contributed by atoms with van der Waals surface area (Å²) in [5.74, 6) is -0.524. The summed E-state index contributed by atoms with van der Waals surface area (Å²) in [5.41, 5.74) is 0.724. The number of carbonyl (C=O) groups excluding carboxylic acids is 1. The lowest BCUT2D eigenvalue weighted by molar-refractivity contribution is -0.137. The van der Waals surface area contributed by atoms with Gasteiger partial charge >= 0.3 is 12.1 Å². The molecule has 0 aliphatic heterocycles. The Bertz CT molecular complexity index is 979. The second kappa shape index (κ2) is 7.33. The summed E-state index contributed by atoms with van der Waals surface area (Å²) in [6.07, 6.45) is -3.16. The molecule has 3 rings (SSSR count). The second-order valence-electron chi connectivity index (χ2n) is 5.90. The zero-order valence-electron chi connectivity index (χ0n) is 15.1. The molecule has 0 amide bonds. The Morgan fingerprint density at radius 2 is 2.04 bits per heavy atom. The molecule has 0 bridgehead atoms. The molecule has 0 saturated carbocycles. The number of rotatable bonds is 5. The summed E-state index contributed by atoms with van der Waals surface area (Å²) < 4.78 is 50.3. The van der Waals surface area contributed by atoms with Gasteiger partial charge in [0.1, 0.15) is 5.69 Å². The standard InChI is InChI=1S/C17H16F3N5O3/c1-9-11(8-22-23-9)15(12-5-4-10(7-21-12)17(18,19)20)28-14-6-13(16(26)27-3)25(2)24-14/h4-8,15H,1-3H3,(H,22,23). The van der Waals surface area contributed by atoms with E-state index in [0.717, 1.165) is 12.3 Å². The van der Waals surface area contributed by atoms with Crippen molar-refractivity contribution < 1.29 is 27.4 Å². The van der Waals surface area contributed by atoms with Gasteiger partial charge in [0.2, 0.25) is 5.88 Å². The van der Waals surface area contributed by atoms with E-state index in [2.05, 4.69) is 25.0 Å². The Morgan fingerprint density at radius 3 is 2.57 bits per heavy atom. The van der Waals surface area contributed by atoms with E-state index in [-0.39, 0.29) is 17.3 Å². The number of methoxy groups -OCH3 is 1. The fourth-order valence-corrected chi connectivity index (χ4v) is 2.55.